The van der Waals surface area contributed by atoms with Crippen LogP contribution in [0.2, 0.25) is 0 Å². The molecule has 2 atom stereocenters. The van der Waals surface area contributed by atoms with Gasteiger partial charge in [-0.3, -0.25) is 4.79 Å². The number of hydrogen-bond acceptors (Lipinski definition) is 7. The van der Waals surface area contributed by atoms with Gasteiger partial charge in [0.15, 0.2) is 0 Å². The number of nitrogens with two attached hydrogens (primary N) is 1. The summed E-state index contributed by atoms with van der Waals surface area (Å²) in [4.78, 5) is 34.7. The monoisotopic (exact) mass is 396 g/mol. The number of amides is 1. The summed E-state index contributed by atoms with van der Waals surface area (Å²) in [6.45, 7) is 4.96. The topological polar surface area (TPSA) is 137 Å². The van der Waals surface area contributed by atoms with Crippen molar-refractivity contribution in [3.63, 3.8) is 0 Å². The van der Waals surface area contributed by atoms with Gasteiger partial charge in [-0.1, -0.05) is 30.3 Å². The summed E-state index contributed by atoms with van der Waals surface area (Å²) in [5.74, 6) is -1.84. The van der Waals surface area contributed by atoms with Crippen LogP contribution in [0.25, 0.3) is 0 Å². The maximum Gasteiger partial charge on any atom is 0.408 e. The Kier molecular flexibility index (Phi) is 9.40. The molecule has 0 fully saturated rings. The van der Waals surface area contributed by atoms with Crippen molar-refractivity contribution >= 4 is 18.0 Å². The van der Waals surface area contributed by atoms with E-state index in [9.17, 15) is 19.5 Å². The van der Waals surface area contributed by atoms with E-state index < -0.39 is 35.7 Å². The zero-order chi connectivity index (χ0) is 21.2. The number of rotatable bonds is 10. The van der Waals surface area contributed by atoms with Crippen molar-refractivity contribution in [1.82, 2.24) is 5.32 Å². The fourth-order valence-corrected chi connectivity index (χ4v) is 2.02. The van der Waals surface area contributed by atoms with Crippen molar-refractivity contribution in [2.75, 3.05) is 13.2 Å². The van der Waals surface area contributed by atoms with Gasteiger partial charge in [-0.15, -0.1) is 0 Å². The van der Waals surface area contributed by atoms with Crippen LogP contribution in [0.5, 0.6) is 0 Å². The molecule has 0 aliphatic carbocycles. The second-order valence-electron chi connectivity index (χ2n) is 7.10. The SMILES string of the molecule is CC(C)(C)OC(=O)NC(CCOCC(N)C(=O)OCc1ccccc1)C(=O)O. The highest BCUT2D eigenvalue weighted by Gasteiger charge is 2.24. The molecule has 28 heavy (non-hydrogen) atoms. The third kappa shape index (κ3) is 9.89. The largest absolute Gasteiger partial charge is 0.480 e. The molecule has 1 aromatic carbocycles. The van der Waals surface area contributed by atoms with Crippen molar-refractivity contribution in [2.24, 2.45) is 5.73 Å². The first kappa shape index (κ1) is 23.4. The molecule has 0 aliphatic heterocycles. The Balaban J connectivity index is 2.31. The van der Waals surface area contributed by atoms with E-state index >= 15 is 0 Å². The normalized spacial score (nSPS) is 13.3. The number of alkyl carbamates (subject to hydrolysis) is 1. The molecule has 1 amide bonds. The Bertz CT molecular complexity index is 643. The van der Waals surface area contributed by atoms with Crippen molar-refractivity contribution in [3.05, 3.63) is 35.9 Å². The standard InChI is InChI=1S/C19H28N2O7/c1-19(2,3)28-18(25)21-15(16(22)23)9-10-26-12-14(20)17(24)27-11-13-7-5-4-6-8-13/h4-8,14-15H,9-12,20H2,1-3H3,(H,21,25)(H,22,23). The third-order valence-electron chi connectivity index (χ3n) is 3.36. The molecule has 0 aliphatic rings. The minimum Gasteiger partial charge on any atom is -0.480 e. The average Bonchev–Trinajstić information content (AvgIpc) is 2.61. The number of nitrogens with one attached hydrogen (secondary N) is 1. The number of carboxylic acid groups (broad SMARTS) is 1. The van der Waals surface area contributed by atoms with E-state index in [1.54, 1.807) is 20.8 Å². The zero-order valence-corrected chi connectivity index (χ0v) is 16.3. The van der Waals surface area contributed by atoms with Crippen molar-refractivity contribution < 1.29 is 33.7 Å². The van der Waals surface area contributed by atoms with Gasteiger partial charge in [-0.2, -0.15) is 0 Å². The Morgan fingerprint density at radius 3 is 2.39 bits per heavy atom. The molecule has 9 heteroatoms. The van der Waals surface area contributed by atoms with E-state index in [4.69, 9.17) is 19.9 Å². The third-order valence-corrected chi connectivity index (χ3v) is 3.36. The van der Waals surface area contributed by atoms with Gasteiger partial charge >= 0.3 is 18.0 Å². The number of hydrogen-bond donors (Lipinski definition) is 3. The lowest BCUT2D eigenvalue weighted by molar-refractivity contribution is -0.148. The number of ether oxygens (including phenoxy) is 3. The fourth-order valence-electron chi connectivity index (χ4n) is 2.02. The lowest BCUT2D eigenvalue weighted by Gasteiger charge is -2.22. The molecular formula is C19H28N2O7. The molecule has 0 radical (unpaired) electrons. The van der Waals surface area contributed by atoms with Crippen LogP contribution in [0.4, 0.5) is 4.79 Å². The average molecular weight is 396 g/mol. The molecule has 1 aromatic rings. The van der Waals surface area contributed by atoms with Crippen molar-refractivity contribution in [2.45, 2.75) is 51.5 Å². The van der Waals surface area contributed by atoms with Crippen LogP contribution in [-0.4, -0.2) is 54.0 Å². The van der Waals surface area contributed by atoms with E-state index in [0.29, 0.717) is 0 Å². The quantitative estimate of drug-likeness (QED) is 0.399. The van der Waals surface area contributed by atoms with Gasteiger partial charge in [0.2, 0.25) is 0 Å². The highest BCUT2D eigenvalue weighted by Crippen LogP contribution is 2.07. The Morgan fingerprint density at radius 1 is 1.18 bits per heavy atom. The molecular weight excluding hydrogens is 368 g/mol. The maximum absolute atomic E-state index is 11.8. The van der Waals surface area contributed by atoms with Crippen LogP contribution in [0.15, 0.2) is 30.3 Å². The van der Waals surface area contributed by atoms with E-state index in [0.717, 1.165) is 5.56 Å². The first-order chi connectivity index (χ1) is 13.1. The number of carbonyl (C=O) groups is 3. The van der Waals surface area contributed by atoms with Crippen LogP contribution < -0.4 is 11.1 Å². The summed E-state index contributed by atoms with van der Waals surface area (Å²) in [5, 5.41) is 11.4. The fraction of sp³-hybridized carbons (Fsp3) is 0.526. The summed E-state index contributed by atoms with van der Waals surface area (Å²) in [7, 11) is 0. The molecule has 2 unspecified atom stereocenters. The zero-order valence-electron chi connectivity index (χ0n) is 16.3. The van der Waals surface area contributed by atoms with Gasteiger partial charge in [0.1, 0.15) is 24.3 Å². The summed E-state index contributed by atoms with van der Waals surface area (Å²) >= 11 is 0. The van der Waals surface area contributed by atoms with Crippen LogP contribution in [0.1, 0.15) is 32.8 Å². The molecule has 0 aromatic heterocycles. The van der Waals surface area contributed by atoms with Gasteiger partial charge in [-0.25, -0.2) is 9.59 Å². The molecule has 0 saturated heterocycles. The molecule has 1 rings (SSSR count). The number of esters is 1. The van der Waals surface area contributed by atoms with Crippen molar-refractivity contribution in [3.8, 4) is 0 Å². The first-order valence-corrected chi connectivity index (χ1v) is 8.84. The van der Waals surface area contributed by atoms with E-state index in [1.165, 1.54) is 0 Å². The predicted molar refractivity (Wildman–Crippen MR) is 100 cm³/mol. The number of aliphatic carboxylic acids is 1. The number of carboxylic acids is 1. The Hall–Kier alpha value is -2.65. The second-order valence-corrected chi connectivity index (χ2v) is 7.10. The van der Waals surface area contributed by atoms with Crippen LogP contribution in [0, 0.1) is 0 Å². The minimum absolute atomic E-state index is 0.0135. The molecule has 0 bridgehead atoms. The predicted octanol–water partition coefficient (Wildman–Crippen LogP) is 1.44. The van der Waals surface area contributed by atoms with E-state index in [-0.39, 0.29) is 26.2 Å². The van der Waals surface area contributed by atoms with E-state index in [1.807, 2.05) is 30.3 Å². The lowest BCUT2D eigenvalue weighted by Crippen LogP contribution is -2.44. The Labute approximate surface area is 164 Å². The van der Waals surface area contributed by atoms with Crippen LogP contribution in [0.3, 0.4) is 0 Å². The van der Waals surface area contributed by atoms with Gasteiger partial charge < -0.3 is 30.4 Å². The Morgan fingerprint density at radius 2 is 1.82 bits per heavy atom. The van der Waals surface area contributed by atoms with E-state index in [2.05, 4.69) is 5.32 Å². The van der Waals surface area contributed by atoms with Gasteiger partial charge in [0.05, 0.1) is 6.61 Å². The number of carbonyl (C=O) groups excluding carboxylic acids is 2. The highest BCUT2D eigenvalue weighted by molar-refractivity contribution is 5.80. The lowest BCUT2D eigenvalue weighted by atomic mass is 10.2. The molecule has 0 saturated carbocycles. The highest BCUT2D eigenvalue weighted by atomic mass is 16.6. The van der Waals surface area contributed by atoms with Gasteiger partial charge in [0.25, 0.3) is 0 Å². The molecule has 0 heterocycles. The first-order valence-electron chi connectivity index (χ1n) is 8.84. The smallest absolute Gasteiger partial charge is 0.408 e. The molecule has 156 valence electrons. The minimum atomic E-state index is -1.22. The van der Waals surface area contributed by atoms with Crippen LogP contribution in [-0.2, 0) is 30.4 Å². The summed E-state index contributed by atoms with van der Waals surface area (Å²) in [6, 6.07) is 6.97. The summed E-state index contributed by atoms with van der Waals surface area (Å²) in [6.07, 6.45) is -0.846. The second kappa shape index (κ2) is 11.3. The van der Waals surface area contributed by atoms with Crippen molar-refractivity contribution in [1.29, 1.82) is 0 Å². The summed E-state index contributed by atoms with van der Waals surface area (Å²) < 4.78 is 15.4. The summed E-state index contributed by atoms with van der Waals surface area (Å²) in [5.41, 5.74) is 5.80. The molecule has 9 nitrogen and oxygen atoms in total. The number of benzene rings is 1. The molecule has 0 spiro atoms. The van der Waals surface area contributed by atoms with Gasteiger partial charge in [0, 0.05) is 13.0 Å². The van der Waals surface area contributed by atoms with Crippen LogP contribution >= 0.6 is 0 Å². The molecule has 4 N–H and O–H groups in total. The van der Waals surface area contributed by atoms with Gasteiger partial charge in [-0.05, 0) is 26.3 Å². The maximum atomic E-state index is 11.8.